The number of piperidine rings is 1. The Morgan fingerprint density at radius 1 is 0.742 bits per heavy atom. The number of esters is 1. The Morgan fingerprint density at radius 2 is 1.45 bits per heavy atom. The van der Waals surface area contributed by atoms with Crippen molar-refractivity contribution in [2.45, 2.75) is 234 Å². The summed E-state index contributed by atoms with van der Waals surface area (Å²) in [6.07, 6.45) is 44.2. The predicted molar refractivity (Wildman–Crippen MR) is 275 cm³/mol. The zero-order valence-electron chi connectivity index (χ0n) is 44.1. The molecule has 7 nitrogen and oxygen atoms in total. The number of carbonyl (C=O) groups is 1. The van der Waals surface area contributed by atoms with Gasteiger partial charge < -0.3 is 28.6 Å². The molecule has 1 aliphatic heterocycles. The Hall–Kier alpha value is -1.25. The van der Waals surface area contributed by atoms with Gasteiger partial charge in [0.05, 0.1) is 38.6 Å². The van der Waals surface area contributed by atoms with E-state index in [4.69, 9.17) is 23.7 Å². The number of ether oxygens (including phenoxy) is 5. The number of likely N-dealkylation sites (tertiary alicyclic amines) is 1. The first kappa shape index (κ1) is 55.7. The normalized spacial score (nSPS) is 28.8. The molecule has 0 aromatic carbocycles. The van der Waals surface area contributed by atoms with E-state index in [9.17, 15) is 4.79 Å². The van der Waals surface area contributed by atoms with Crippen LogP contribution in [0.5, 0.6) is 0 Å². The first-order chi connectivity index (χ1) is 32.1. The average Bonchev–Trinajstić information content (AvgIpc) is 3.67. The van der Waals surface area contributed by atoms with Crippen LogP contribution in [0.25, 0.3) is 0 Å². The van der Waals surface area contributed by atoms with Gasteiger partial charge in [0.25, 0.3) is 0 Å². The van der Waals surface area contributed by atoms with Crippen molar-refractivity contribution in [3.05, 3.63) is 23.8 Å². The summed E-state index contributed by atoms with van der Waals surface area (Å²) in [6.45, 7) is 21.2. The van der Waals surface area contributed by atoms with Crippen LogP contribution in [0, 0.1) is 46.3 Å². The van der Waals surface area contributed by atoms with Gasteiger partial charge in [-0.15, -0.1) is 0 Å². The Morgan fingerprint density at radius 3 is 2.20 bits per heavy atom. The second-order valence-corrected chi connectivity index (χ2v) is 23.2. The number of allylic oxidation sites excluding steroid dienone is 3. The molecule has 0 bridgehead atoms. The highest BCUT2D eigenvalue weighted by molar-refractivity contribution is 5.70. The van der Waals surface area contributed by atoms with Gasteiger partial charge in [0.2, 0.25) is 0 Å². The van der Waals surface area contributed by atoms with Crippen LogP contribution in [0.4, 0.5) is 0 Å². The Labute approximate surface area is 407 Å². The van der Waals surface area contributed by atoms with Gasteiger partial charge in [-0.3, -0.25) is 0 Å². The maximum atomic E-state index is 12.7. The lowest BCUT2D eigenvalue weighted by atomic mass is 9.47. The SMILES string of the molecule is CCCCCCCCC=CCCCCCCCCOCC(CN1CCCCC1)OCCOCCOC(=O)CO[C@H]1CC[C@@]2(C)C(=CC[C@H]3[C@H]4CC[C@H]([C@H](C)CCCC(C)C)[C@@]4(C)CC[C@H]32)C1. The minimum absolute atomic E-state index is 0.0242. The molecule has 0 aromatic heterocycles. The van der Waals surface area contributed by atoms with E-state index in [0.29, 0.717) is 31.8 Å². The molecular weight excluding hydrogens is 819 g/mol. The summed E-state index contributed by atoms with van der Waals surface area (Å²) < 4.78 is 30.1. The Balaban J connectivity index is 0.886. The monoisotopic (exact) mass is 924 g/mol. The molecule has 3 saturated carbocycles. The quantitative estimate of drug-likeness (QED) is 0.0356. The molecule has 4 aliphatic carbocycles. The molecule has 66 heavy (non-hydrogen) atoms. The van der Waals surface area contributed by atoms with Gasteiger partial charge >= 0.3 is 5.97 Å². The van der Waals surface area contributed by atoms with Crippen molar-refractivity contribution in [1.29, 1.82) is 0 Å². The largest absolute Gasteiger partial charge is 0.462 e. The van der Waals surface area contributed by atoms with Crippen LogP contribution >= 0.6 is 0 Å². The molecule has 1 unspecified atom stereocenters. The first-order valence-corrected chi connectivity index (χ1v) is 28.7. The summed E-state index contributed by atoms with van der Waals surface area (Å²) in [7, 11) is 0. The van der Waals surface area contributed by atoms with E-state index in [2.05, 4.69) is 64.7 Å². The van der Waals surface area contributed by atoms with Crippen molar-refractivity contribution in [3.8, 4) is 0 Å². The fourth-order valence-corrected chi connectivity index (χ4v) is 13.9. The number of hydrogen-bond donors (Lipinski definition) is 0. The van der Waals surface area contributed by atoms with Crippen LogP contribution in [0.3, 0.4) is 0 Å². The summed E-state index contributed by atoms with van der Waals surface area (Å²) in [5.41, 5.74) is 2.42. The van der Waals surface area contributed by atoms with Crippen molar-refractivity contribution in [2.75, 3.05) is 65.9 Å². The number of fused-ring (bicyclic) bond motifs is 5. The fraction of sp³-hybridized carbons (Fsp3) is 0.915. The van der Waals surface area contributed by atoms with Crippen molar-refractivity contribution < 1.29 is 28.5 Å². The highest BCUT2D eigenvalue weighted by Crippen LogP contribution is 2.67. The lowest BCUT2D eigenvalue weighted by molar-refractivity contribution is -0.153. The number of nitrogens with zero attached hydrogens (tertiary/aromatic N) is 1. The number of rotatable bonds is 35. The third-order valence-electron chi connectivity index (χ3n) is 17.8. The van der Waals surface area contributed by atoms with Crippen LogP contribution in [0.1, 0.15) is 221 Å². The second-order valence-electron chi connectivity index (χ2n) is 23.2. The lowest BCUT2D eigenvalue weighted by Crippen LogP contribution is -2.51. The van der Waals surface area contributed by atoms with Gasteiger partial charge in [-0.2, -0.15) is 0 Å². The van der Waals surface area contributed by atoms with E-state index in [0.717, 1.165) is 81.0 Å². The van der Waals surface area contributed by atoms with Crippen molar-refractivity contribution in [3.63, 3.8) is 0 Å². The number of unbranched alkanes of at least 4 members (excludes halogenated alkanes) is 12. The maximum absolute atomic E-state index is 12.7. The van der Waals surface area contributed by atoms with Gasteiger partial charge in [-0.05, 0) is 156 Å². The Bertz CT molecular complexity index is 1360. The smallest absolute Gasteiger partial charge is 0.332 e. The van der Waals surface area contributed by atoms with E-state index in [1.807, 2.05) is 0 Å². The van der Waals surface area contributed by atoms with Crippen LogP contribution in [-0.2, 0) is 28.5 Å². The molecule has 5 aliphatic rings. The number of hydrogen-bond acceptors (Lipinski definition) is 7. The van der Waals surface area contributed by atoms with Crippen LogP contribution in [0.15, 0.2) is 23.8 Å². The minimum Gasteiger partial charge on any atom is -0.462 e. The topological polar surface area (TPSA) is 66.5 Å². The standard InChI is InChI=1S/C59H105NO6/c1-7-8-9-10-11-12-13-14-15-16-17-18-19-20-21-25-39-63-46-52(45-60-37-23-22-24-38-60)64-42-40-62-41-43-65-57(61)47-66-51-33-35-58(5)50(44-51)29-30-53-55-32-31-54(49(4)28-26-27-48(2)3)59(55,6)36-34-56(53)58/h14-15,29,48-49,51-56H,7-13,16-28,30-47H2,1-6H3/t49-,51+,52?,53+,54-,55-,56-,58+,59-/m1/s1. The maximum Gasteiger partial charge on any atom is 0.332 e. The molecule has 0 aromatic rings. The highest BCUT2D eigenvalue weighted by atomic mass is 16.6. The van der Waals surface area contributed by atoms with Crippen molar-refractivity contribution >= 4 is 5.97 Å². The van der Waals surface area contributed by atoms with E-state index < -0.39 is 0 Å². The summed E-state index contributed by atoms with van der Waals surface area (Å²) in [4.78, 5) is 15.3. The van der Waals surface area contributed by atoms with Gasteiger partial charge in [0, 0.05) is 13.2 Å². The van der Waals surface area contributed by atoms with Crippen molar-refractivity contribution in [2.24, 2.45) is 46.3 Å². The average molecular weight is 924 g/mol. The summed E-state index contributed by atoms with van der Waals surface area (Å²) in [5, 5.41) is 0. The third kappa shape index (κ3) is 18.5. The molecule has 382 valence electrons. The predicted octanol–water partition coefficient (Wildman–Crippen LogP) is 14.9. The summed E-state index contributed by atoms with van der Waals surface area (Å²) >= 11 is 0. The lowest BCUT2D eigenvalue weighted by Gasteiger charge is -2.58. The van der Waals surface area contributed by atoms with E-state index >= 15 is 0 Å². The van der Waals surface area contributed by atoms with Gasteiger partial charge in [-0.1, -0.05) is 149 Å². The molecule has 0 amide bonds. The fourth-order valence-electron chi connectivity index (χ4n) is 13.9. The molecule has 9 atom stereocenters. The van der Waals surface area contributed by atoms with Crippen LogP contribution in [-0.4, -0.2) is 89.0 Å². The van der Waals surface area contributed by atoms with E-state index in [-0.39, 0.29) is 36.8 Å². The molecule has 0 spiro atoms. The van der Waals surface area contributed by atoms with Gasteiger partial charge in [0.1, 0.15) is 13.2 Å². The Kier molecular flexibility index (Phi) is 26.3. The molecular formula is C59H105NO6. The summed E-state index contributed by atoms with van der Waals surface area (Å²) in [5.74, 6) is 4.80. The van der Waals surface area contributed by atoms with Gasteiger partial charge in [-0.25, -0.2) is 4.79 Å². The van der Waals surface area contributed by atoms with E-state index in [1.54, 1.807) is 5.57 Å². The molecule has 0 N–H and O–H groups in total. The van der Waals surface area contributed by atoms with Crippen molar-refractivity contribution in [1.82, 2.24) is 4.90 Å². The zero-order valence-corrected chi connectivity index (χ0v) is 44.1. The number of carbonyl (C=O) groups excluding carboxylic acids is 1. The molecule has 1 saturated heterocycles. The van der Waals surface area contributed by atoms with E-state index in [1.165, 1.54) is 161 Å². The first-order valence-electron chi connectivity index (χ1n) is 28.7. The molecule has 1 heterocycles. The second kappa shape index (κ2) is 31.2. The van der Waals surface area contributed by atoms with Crippen LogP contribution in [0.2, 0.25) is 0 Å². The third-order valence-corrected chi connectivity index (χ3v) is 17.8. The minimum atomic E-state index is -0.290. The molecule has 4 fully saturated rings. The molecule has 7 heteroatoms. The summed E-state index contributed by atoms with van der Waals surface area (Å²) in [6, 6.07) is 0. The highest BCUT2D eigenvalue weighted by Gasteiger charge is 2.59. The van der Waals surface area contributed by atoms with Gasteiger partial charge in [0.15, 0.2) is 0 Å². The molecule has 0 radical (unpaired) electrons. The molecule has 5 rings (SSSR count). The zero-order chi connectivity index (χ0) is 46.9. The van der Waals surface area contributed by atoms with Crippen LogP contribution < -0.4 is 0 Å².